The molecule has 2 nitrogen and oxygen atoms in total. The maximum Gasteiger partial charge on any atom is 0.143 e. The van der Waals surface area contributed by atoms with Gasteiger partial charge in [0.25, 0.3) is 0 Å². The lowest BCUT2D eigenvalue weighted by molar-refractivity contribution is 0.590. The third kappa shape index (κ3) is 5.87. The smallest absolute Gasteiger partial charge is 0.143 e. The summed E-state index contributed by atoms with van der Waals surface area (Å²) in [6.45, 7) is 18.5. The lowest BCUT2D eigenvalue weighted by Gasteiger charge is -2.30. The molecule has 0 bridgehead atoms. The number of anilines is 3. The largest absolute Gasteiger partial charge is 0.455 e. The van der Waals surface area contributed by atoms with Crippen molar-refractivity contribution in [2.24, 2.45) is 0 Å². The van der Waals surface area contributed by atoms with Gasteiger partial charge in [-0.1, -0.05) is 159 Å². The molecule has 272 valence electrons. The Balaban J connectivity index is 1.25. The van der Waals surface area contributed by atoms with Crippen molar-refractivity contribution in [3.63, 3.8) is 0 Å². The van der Waals surface area contributed by atoms with Crippen molar-refractivity contribution in [2.45, 2.75) is 71.6 Å². The molecule has 0 saturated heterocycles. The van der Waals surface area contributed by atoms with E-state index in [1.54, 1.807) is 0 Å². The maximum atomic E-state index is 6.80. The van der Waals surface area contributed by atoms with Gasteiger partial charge in [0.1, 0.15) is 11.2 Å². The Morgan fingerprint density at radius 1 is 0.473 bits per heavy atom. The lowest BCUT2D eigenvalue weighted by atomic mass is 9.78. The highest BCUT2D eigenvalue weighted by Gasteiger charge is 2.41. The summed E-state index contributed by atoms with van der Waals surface area (Å²) in [5.74, 6) is 0. The molecule has 7 aromatic carbocycles. The molecule has 55 heavy (non-hydrogen) atoms. The molecule has 1 aromatic heterocycles. The van der Waals surface area contributed by atoms with Gasteiger partial charge in [-0.2, -0.15) is 0 Å². The molecule has 0 aliphatic heterocycles. The molecule has 0 amide bonds. The first-order chi connectivity index (χ1) is 26.3. The topological polar surface area (TPSA) is 16.4 Å². The Bertz CT molecular complexity index is 2720. The fraction of sp³-hybridized carbons (Fsp3) is 0.208. The molecule has 1 heterocycles. The van der Waals surface area contributed by atoms with Crippen molar-refractivity contribution in [1.29, 1.82) is 0 Å². The zero-order chi connectivity index (χ0) is 38.3. The molecule has 0 atom stereocenters. The SMILES string of the molecule is CC(C)(C)c1ccc(-c2cc3c(oc4ccccc43)c3c2C(C)(C)c2cc(N(c4ccc(-c5ccccc5)cc4)c4cccc(C(C)(C)C)c4)ccc2-3)cc1. The molecule has 1 aliphatic rings. The molecule has 0 fully saturated rings. The Kier molecular flexibility index (Phi) is 7.99. The molecule has 9 rings (SSSR count). The van der Waals surface area contributed by atoms with Crippen LogP contribution >= 0.6 is 0 Å². The van der Waals surface area contributed by atoms with Crippen LogP contribution in [0, 0.1) is 0 Å². The highest BCUT2D eigenvalue weighted by Crippen LogP contribution is 2.57. The third-order valence-corrected chi connectivity index (χ3v) is 11.8. The Labute approximate surface area is 326 Å². The average Bonchev–Trinajstić information content (AvgIpc) is 3.67. The van der Waals surface area contributed by atoms with Crippen LogP contribution in [-0.2, 0) is 16.2 Å². The van der Waals surface area contributed by atoms with Crippen molar-refractivity contribution in [1.82, 2.24) is 0 Å². The van der Waals surface area contributed by atoms with Crippen molar-refractivity contribution >= 4 is 39.0 Å². The van der Waals surface area contributed by atoms with E-state index < -0.39 is 0 Å². The van der Waals surface area contributed by atoms with E-state index in [0.29, 0.717) is 0 Å². The number of rotatable bonds is 5. The van der Waals surface area contributed by atoms with Gasteiger partial charge in [-0.15, -0.1) is 0 Å². The second-order valence-electron chi connectivity index (χ2n) is 17.9. The fourth-order valence-electron chi connectivity index (χ4n) is 8.68. The third-order valence-electron chi connectivity index (χ3n) is 11.8. The summed E-state index contributed by atoms with van der Waals surface area (Å²) in [5.41, 5.74) is 17.7. The standard InChI is InChI=1S/C53H49NO/c1-51(2,3)37-25-21-36(22-26-37)44-33-45-42-19-12-13-20-47(42)55-50(45)48-43-30-29-41(32-46(43)53(7,8)49(44)48)54(40-18-14-17-38(31-40)52(4,5)6)39-27-23-35(24-28-39)34-15-10-9-11-16-34/h9-33H,1-8H3. The van der Waals surface area contributed by atoms with Crippen molar-refractivity contribution in [3.05, 3.63) is 174 Å². The minimum atomic E-state index is -0.304. The van der Waals surface area contributed by atoms with Crippen LogP contribution in [-0.4, -0.2) is 0 Å². The van der Waals surface area contributed by atoms with Gasteiger partial charge in [-0.3, -0.25) is 0 Å². The summed E-state index contributed by atoms with van der Waals surface area (Å²) < 4.78 is 6.80. The second kappa shape index (κ2) is 12.6. The Hall–Kier alpha value is -5.86. The van der Waals surface area contributed by atoms with Crippen LogP contribution in [0.15, 0.2) is 156 Å². The minimum Gasteiger partial charge on any atom is -0.455 e. The van der Waals surface area contributed by atoms with E-state index in [-0.39, 0.29) is 16.2 Å². The van der Waals surface area contributed by atoms with Crippen molar-refractivity contribution in [2.75, 3.05) is 4.90 Å². The monoisotopic (exact) mass is 715 g/mol. The van der Waals surface area contributed by atoms with Crippen LogP contribution < -0.4 is 4.90 Å². The second-order valence-corrected chi connectivity index (χ2v) is 17.9. The number of para-hydroxylation sites is 1. The zero-order valence-electron chi connectivity index (χ0n) is 33.3. The van der Waals surface area contributed by atoms with E-state index in [1.165, 1.54) is 55.6 Å². The van der Waals surface area contributed by atoms with Gasteiger partial charge in [0.2, 0.25) is 0 Å². The number of benzene rings is 7. The number of nitrogens with zero attached hydrogens (tertiary/aromatic N) is 1. The van der Waals surface area contributed by atoms with Gasteiger partial charge in [-0.05, 0) is 109 Å². The molecule has 0 unspecified atom stereocenters. The van der Waals surface area contributed by atoms with Crippen LogP contribution in [0.25, 0.3) is 55.3 Å². The van der Waals surface area contributed by atoms with Crippen LogP contribution in [0.5, 0.6) is 0 Å². The van der Waals surface area contributed by atoms with Crippen LogP contribution in [0.3, 0.4) is 0 Å². The first kappa shape index (κ1) is 34.9. The number of hydrogen-bond donors (Lipinski definition) is 0. The highest BCUT2D eigenvalue weighted by atomic mass is 16.3. The molecule has 0 radical (unpaired) electrons. The first-order valence-corrected chi connectivity index (χ1v) is 19.6. The summed E-state index contributed by atoms with van der Waals surface area (Å²) >= 11 is 0. The van der Waals surface area contributed by atoms with Gasteiger partial charge in [0.05, 0.1) is 0 Å². The van der Waals surface area contributed by atoms with Gasteiger partial charge in [0.15, 0.2) is 0 Å². The van der Waals surface area contributed by atoms with Gasteiger partial charge in [0, 0.05) is 38.8 Å². The van der Waals surface area contributed by atoms with Crippen LogP contribution in [0.4, 0.5) is 17.1 Å². The number of hydrogen-bond acceptors (Lipinski definition) is 2. The Morgan fingerprint density at radius 3 is 1.80 bits per heavy atom. The molecule has 0 saturated carbocycles. The molecular weight excluding hydrogens is 667 g/mol. The van der Waals surface area contributed by atoms with Crippen molar-refractivity contribution < 1.29 is 4.42 Å². The number of furan rings is 1. The number of fused-ring (bicyclic) bond motifs is 7. The molecule has 0 spiro atoms. The predicted molar refractivity (Wildman–Crippen MR) is 234 cm³/mol. The van der Waals surface area contributed by atoms with Crippen LogP contribution in [0.2, 0.25) is 0 Å². The summed E-state index contributed by atoms with van der Waals surface area (Å²) in [6, 6.07) is 55.8. The highest BCUT2D eigenvalue weighted by molar-refractivity contribution is 6.14. The molecular formula is C53H49NO. The van der Waals surface area contributed by atoms with E-state index in [0.717, 1.165) is 39.0 Å². The predicted octanol–water partition coefficient (Wildman–Crippen LogP) is 15.3. The molecule has 1 aliphatic carbocycles. The first-order valence-electron chi connectivity index (χ1n) is 19.6. The van der Waals surface area contributed by atoms with Crippen LogP contribution in [0.1, 0.15) is 77.6 Å². The Morgan fingerprint density at radius 2 is 1.09 bits per heavy atom. The summed E-state index contributed by atoms with van der Waals surface area (Å²) in [6.07, 6.45) is 0. The van der Waals surface area contributed by atoms with Gasteiger partial charge in [-0.25, -0.2) is 0 Å². The maximum absolute atomic E-state index is 6.80. The summed E-state index contributed by atoms with van der Waals surface area (Å²) in [5, 5.41) is 2.32. The quantitative estimate of drug-likeness (QED) is 0.176. The van der Waals surface area contributed by atoms with E-state index in [4.69, 9.17) is 4.42 Å². The van der Waals surface area contributed by atoms with E-state index in [9.17, 15) is 0 Å². The van der Waals surface area contributed by atoms with Gasteiger partial charge >= 0.3 is 0 Å². The minimum absolute atomic E-state index is 0.0137. The van der Waals surface area contributed by atoms with Gasteiger partial charge < -0.3 is 9.32 Å². The molecule has 0 N–H and O–H groups in total. The van der Waals surface area contributed by atoms with E-state index in [1.807, 2.05) is 0 Å². The summed E-state index contributed by atoms with van der Waals surface area (Å²) in [4.78, 5) is 2.42. The normalized spacial score (nSPS) is 13.6. The lowest BCUT2D eigenvalue weighted by Crippen LogP contribution is -2.18. The van der Waals surface area contributed by atoms with E-state index in [2.05, 4.69) is 212 Å². The van der Waals surface area contributed by atoms with Crippen molar-refractivity contribution in [3.8, 4) is 33.4 Å². The average molecular weight is 716 g/mol. The zero-order valence-corrected chi connectivity index (χ0v) is 33.3. The molecule has 8 aromatic rings. The van der Waals surface area contributed by atoms with E-state index >= 15 is 0 Å². The summed E-state index contributed by atoms with van der Waals surface area (Å²) in [7, 11) is 0. The fourth-order valence-corrected chi connectivity index (χ4v) is 8.68. The molecule has 2 heteroatoms.